The minimum Gasteiger partial charge on any atom is -0.507 e. The summed E-state index contributed by atoms with van der Waals surface area (Å²) in [5, 5.41) is 15.5. The van der Waals surface area contributed by atoms with E-state index < -0.39 is 0 Å². The smallest absolute Gasteiger partial charge is 0.123 e. The molecule has 1 aromatic heterocycles. The van der Waals surface area contributed by atoms with Crippen molar-refractivity contribution in [2.24, 2.45) is 0 Å². The molecule has 2 N–H and O–H groups in total. The molecule has 3 aromatic rings. The minimum absolute atomic E-state index is 0.253. The SMILES string of the molecule is CCc1ccc(C(C)Nc2cccc3c(O)cccc23)s1. The predicted octanol–water partition coefficient (Wildman–Crippen LogP) is 5.34. The van der Waals surface area contributed by atoms with Crippen molar-refractivity contribution in [3.05, 3.63) is 58.3 Å². The second-order valence-corrected chi connectivity index (χ2v) is 6.40. The Hall–Kier alpha value is -2.00. The van der Waals surface area contributed by atoms with Crippen LogP contribution in [-0.4, -0.2) is 5.11 Å². The maximum atomic E-state index is 9.96. The summed E-state index contributed by atoms with van der Waals surface area (Å²) in [7, 11) is 0. The van der Waals surface area contributed by atoms with Crippen molar-refractivity contribution in [3.63, 3.8) is 0 Å². The lowest BCUT2D eigenvalue weighted by Gasteiger charge is -2.16. The Bertz CT molecular complexity index is 763. The largest absolute Gasteiger partial charge is 0.507 e. The van der Waals surface area contributed by atoms with Crippen LogP contribution in [0.1, 0.15) is 29.6 Å². The number of hydrogen-bond acceptors (Lipinski definition) is 3. The van der Waals surface area contributed by atoms with Gasteiger partial charge in [-0.2, -0.15) is 0 Å². The fraction of sp³-hybridized carbons (Fsp3) is 0.222. The van der Waals surface area contributed by atoms with Gasteiger partial charge in [-0.25, -0.2) is 0 Å². The highest BCUT2D eigenvalue weighted by Crippen LogP contribution is 2.33. The third-order valence-corrected chi connectivity index (χ3v) is 5.14. The van der Waals surface area contributed by atoms with Gasteiger partial charge in [-0.15, -0.1) is 11.3 Å². The van der Waals surface area contributed by atoms with Crippen molar-refractivity contribution in [3.8, 4) is 5.75 Å². The van der Waals surface area contributed by atoms with Crippen molar-refractivity contribution in [1.29, 1.82) is 0 Å². The van der Waals surface area contributed by atoms with Crippen molar-refractivity contribution in [1.82, 2.24) is 0 Å². The van der Waals surface area contributed by atoms with Crippen molar-refractivity contribution in [2.45, 2.75) is 26.3 Å². The third kappa shape index (κ3) is 2.74. The van der Waals surface area contributed by atoms with Crippen LogP contribution in [0.15, 0.2) is 48.5 Å². The number of fused-ring (bicyclic) bond motifs is 1. The first-order valence-electron chi connectivity index (χ1n) is 7.25. The molecule has 1 heterocycles. The molecule has 0 aliphatic carbocycles. The van der Waals surface area contributed by atoms with Gasteiger partial charge in [0, 0.05) is 26.2 Å². The van der Waals surface area contributed by atoms with E-state index in [-0.39, 0.29) is 6.04 Å². The van der Waals surface area contributed by atoms with E-state index in [1.165, 1.54) is 9.75 Å². The van der Waals surface area contributed by atoms with E-state index >= 15 is 0 Å². The second kappa shape index (κ2) is 5.78. The number of aryl methyl sites for hydroxylation is 1. The minimum atomic E-state index is 0.253. The zero-order valence-corrected chi connectivity index (χ0v) is 13.1. The van der Waals surface area contributed by atoms with E-state index in [1.54, 1.807) is 6.07 Å². The maximum Gasteiger partial charge on any atom is 0.123 e. The Labute approximate surface area is 129 Å². The third-order valence-electron chi connectivity index (χ3n) is 3.73. The van der Waals surface area contributed by atoms with Gasteiger partial charge >= 0.3 is 0 Å². The van der Waals surface area contributed by atoms with E-state index in [0.29, 0.717) is 5.75 Å². The molecular weight excluding hydrogens is 278 g/mol. The fourth-order valence-corrected chi connectivity index (χ4v) is 3.50. The number of rotatable bonds is 4. The number of phenolic OH excluding ortho intramolecular Hbond substituents is 1. The predicted molar refractivity (Wildman–Crippen MR) is 91.3 cm³/mol. The molecule has 2 nitrogen and oxygen atoms in total. The summed E-state index contributed by atoms with van der Waals surface area (Å²) in [5.41, 5.74) is 1.06. The van der Waals surface area contributed by atoms with Crippen LogP contribution in [-0.2, 0) is 6.42 Å². The lowest BCUT2D eigenvalue weighted by molar-refractivity contribution is 0.481. The topological polar surface area (TPSA) is 32.3 Å². The first-order chi connectivity index (χ1) is 10.2. The Morgan fingerprint density at radius 1 is 1.05 bits per heavy atom. The van der Waals surface area contributed by atoms with Crippen LogP contribution < -0.4 is 5.32 Å². The van der Waals surface area contributed by atoms with Gasteiger partial charge in [-0.05, 0) is 37.6 Å². The molecule has 21 heavy (non-hydrogen) atoms. The Morgan fingerprint density at radius 3 is 2.57 bits per heavy atom. The standard InChI is InChI=1S/C18H19NOS/c1-3-13-10-11-18(21-13)12(2)19-16-8-4-7-15-14(16)6-5-9-17(15)20/h4-12,19-20H,3H2,1-2H3. The molecule has 3 rings (SSSR count). The number of aromatic hydroxyl groups is 1. The summed E-state index contributed by atoms with van der Waals surface area (Å²) in [6.45, 7) is 4.36. The van der Waals surface area contributed by atoms with Crippen molar-refractivity contribution < 1.29 is 5.11 Å². The van der Waals surface area contributed by atoms with Gasteiger partial charge in [-0.1, -0.05) is 31.2 Å². The van der Waals surface area contributed by atoms with Crippen LogP contribution in [0.3, 0.4) is 0 Å². The maximum absolute atomic E-state index is 9.96. The highest BCUT2D eigenvalue weighted by atomic mass is 32.1. The van der Waals surface area contributed by atoms with Gasteiger partial charge in [0.2, 0.25) is 0 Å². The van der Waals surface area contributed by atoms with Gasteiger partial charge in [0.05, 0.1) is 6.04 Å². The first-order valence-corrected chi connectivity index (χ1v) is 8.06. The molecule has 0 saturated carbocycles. The molecule has 0 fully saturated rings. The fourth-order valence-electron chi connectivity index (χ4n) is 2.54. The van der Waals surface area contributed by atoms with Crippen LogP contribution in [0.25, 0.3) is 10.8 Å². The summed E-state index contributed by atoms with van der Waals surface area (Å²) in [4.78, 5) is 2.75. The molecule has 2 aromatic carbocycles. The Kier molecular flexibility index (Phi) is 3.84. The highest BCUT2D eigenvalue weighted by molar-refractivity contribution is 7.12. The molecule has 0 saturated heterocycles. The van der Waals surface area contributed by atoms with E-state index in [9.17, 15) is 5.11 Å². The second-order valence-electron chi connectivity index (χ2n) is 5.20. The van der Waals surface area contributed by atoms with Crippen LogP contribution in [0, 0.1) is 0 Å². The molecule has 0 spiro atoms. The molecule has 0 bridgehead atoms. The quantitative estimate of drug-likeness (QED) is 0.681. The summed E-state index contributed by atoms with van der Waals surface area (Å²) in [6, 6.07) is 16.3. The van der Waals surface area contributed by atoms with E-state index in [0.717, 1.165) is 22.9 Å². The molecule has 0 radical (unpaired) electrons. The highest BCUT2D eigenvalue weighted by Gasteiger charge is 2.10. The zero-order chi connectivity index (χ0) is 14.8. The molecule has 1 unspecified atom stereocenters. The molecule has 0 aliphatic rings. The van der Waals surface area contributed by atoms with Gasteiger partial charge in [0.15, 0.2) is 0 Å². The van der Waals surface area contributed by atoms with Crippen molar-refractivity contribution in [2.75, 3.05) is 5.32 Å². The lowest BCUT2D eigenvalue weighted by atomic mass is 10.1. The Morgan fingerprint density at radius 2 is 1.81 bits per heavy atom. The van der Waals surface area contributed by atoms with Crippen LogP contribution in [0.4, 0.5) is 5.69 Å². The van der Waals surface area contributed by atoms with E-state index in [2.05, 4.69) is 37.4 Å². The van der Waals surface area contributed by atoms with Crippen LogP contribution in [0.5, 0.6) is 5.75 Å². The summed E-state index contributed by atoms with van der Waals surface area (Å²) >= 11 is 1.86. The monoisotopic (exact) mass is 297 g/mol. The average Bonchev–Trinajstić information content (AvgIpc) is 2.97. The number of thiophene rings is 1. The van der Waals surface area contributed by atoms with Crippen LogP contribution >= 0.6 is 11.3 Å². The van der Waals surface area contributed by atoms with Crippen LogP contribution in [0.2, 0.25) is 0 Å². The number of nitrogens with one attached hydrogen (secondary N) is 1. The Balaban J connectivity index is 1.92. The summed E-state index contributed by atoms with van der Waals surface area (Å²) in [6.07, 6.45) is 1.08. The average molecular weight is 297 g/mol. The first kappa shape index (κ1) is 14.0. The summed E-state index contributed by atoms with van der Waals surface area (Å²) < 4.78 is 0. The number of hydrogen-bond donors (Lipinski definition) is 2. The lowest BCUT2D eigenvalue weighted by Crippen LogP contribution is -2.05. The van der Waals surface area contributed by atoms with E-state index in [4.69, 9.17) is 0 Å². The van der Waals surface area contributed by atoms with Gasteiger partial charge in [0.1, 0.15) is 5.75 Å². The number of benzene rings is 2. The molecule has 1 atom stereocenters. The molecule has 3 heteroatoms. The molecule has 0 amide bonds. The van der Waals surface area contributed by atoms with Gasteiger partial charge in [0.25, 0.3) is 0 Å². The molecular formula is C18H19NOS. The molecule has 108 valence electrons. The van der Waals surface area contributed by atoms with E-state index in [1.807, 2.05) is 35.6 Å². The van der Waals surface area contributed by atoms with Gasteiger partial charge in [-0.3, -0.25) is 0 Å². The normalized spacial score (nSPS) is 12.5. The van der Waals surface area contributed by atoms with Crippen molar-refractivity contribution >= 4 is 27.8 Å². The van der Waals surface area contributed by atoms with Gasteiger partial charge < -0.3 is 10.4 Å². The molecule has 0 aliphatic heterocycles. The number of anilines is 1. The summed E-state index contributed by atoms with van der Waals surface area (Å²) in [5.74, 6) is 0.327. The zero-order valence-electron chi connectivity index (χ0n) is 12.3. The number of phenols is 1.